The van der Waals surface area contributed by atoms with Gasteiger partial charge in [0.05, 0.1) is 19.5 Å². The average molecular weight is 556 g/mol. The molecule has 0 bridgehead atoms. The van der Waals surface area contributed by atoms with Gasteiger partial charge >= 0.3 is 6.09 Å². The number of fused-ring (bicyclic) bond motifs is 1. The van der Waals surface area contributed by atoms with E-state index in [0.29, 0.717) is 5.75 Å². The summed E-state index contributed by atoms with van der Waals surface area (Å²) in [5.41, 5.74) is 1.60. The first-order valence-corrected chi connectivity index (χ1v) is 14.2. The summed E-state index contributed by atoms with van der Waals surface area (Å²) in [7, 11) is -4.00. The maximum absolute atomic E-state index is 12.9. The Kier molecular flexibility index (Phi) is 8.56. The molecule has 5 rings (SSSR count). The van der Waals surface area contributed by atoms with Crippen LogP contribution in [-0.4, -0.2) is 58.0 Å². The van der Waals surface area contributed by atoms with Gasteiger partial charge in [-0.15, -0.1) is 0 Å². The van der Waals surface area contributed by atoms with Gasteiger partial charge in [-0.05, 0) is 17.7 Å². The Balaban J connectivity index is 1.42. The zero-order chi connectivity index (χ0) is 27.2. The van der Waals surface area contributed by atoms with Crippen molar-refractivity contribution in [2.75, 3.05) is 12.9 Å². The van der Waals surface area contributed by atoms with Crippen molar-refractivity contribution in [3.8, 4) is 5.75 Å². The van der Waals surface area contributed by atoms with Gasteiger partial charge in [0.25, 0.3) is 10.1 Å². The van der Waals surface area contributed by atoms with Gasteiger partial charge in [0, 0.05) is 5.56 Å². The molecule has 0 spiro atoms. The largest absolute Gasteiger partial charge is 0.413 e. The lowest BCUT2D eigenvalue weighted by atomic mass is 9.95. The number of benzene rings is 3. The van der Waals surface area contributed by atoms with Crippen molar-refractivity contribution in [2.24, 2.45) is 0 Å². The quantitative estimate of drug-likeness (QED) is 0.416. The SMILES string of the molecule is CS(=O)(=O)O[C@H]1[C@H](NC(=O)Oc2ccccc2)[C@@H](OCc2ccccc2)O[C@@H]2CO[C@@H](c3ccccc3)O[C@@H]12. The fourth-order valence-corrected chi connectivity index (χ4v) is 5.11. The summed E-state index contributed by atoms with van der Waals surface area (Å²) in [5, 5.41) is 2.69. The lowest BCUT2D eigenvalue weighted by Crippen LogP contribution is -2.67. The van der Waals surface area contributed by atoms with E-state index in [1.165, 1.54) is 0 Å². The number of hydrogen-bond acceptors (Lipinski definition) is 9. The number of amides is 1. The van der Waals surface area contributed by atoms with Crippen LogP contribution in [0.1, 0.15) is 17.4 Å². The zero-order valence-corrected chi connectivity index (χ0v) is 21.9. The molecule has 0 saturated carbocycles. The van der Waals surface area contributed by atoms with Gasteiger partial charge in [0.2, 0.25) is 0 Å². The molecule has 0 radical (unpaired) electrons. The Bertz CT molecular complexity index is 1320. The van der Waals surface area contributed by atoms with E-state index < -0.39 is 53.1 Å². The van der Waals surface area contributed by atoms with Crippen LogP contribution in [0.4, 0.5) is 4.79 Å². The third-order valence-electron chi connectivity index (χ3n) is 6.19. The number of para-hydroxylation sites is 1. The Morgan fingerprint density at radius 2 is 1.56 bits per heavy atom. The molecule has 1 amide bonds. The molecule has 2 heterocycles. The monoisotopic (exact) mass is 555 g/mol. The molecule has 3 aromatic carbocycles. The van der Waals surface area contributed by atoms with Crippen LogP contribution in [0.15, 0.2) is 91.0 Å². The second kappa shape index (κ2) is 12.2. The van der Waals surface area contributed by atoms with Crippen LogP contribution in [0, 0.1) is 0 Å². The zero-order valence-electron chi connectivity index (χ0n) is 21.1. The fraction of sp³-hybridized carbons (Fsp3) is 0.321. The number of nitrogens with one attached hydrogen (secondary N) is 1. The normalized spacial score (nSPS) is 26.8. The minimum absolute atomic E-state index is 0.0836. The van der Waals surface area contributed by atoms with E-state index in [0.717, 1.165) is 17.4 Å². The van der Waals surface area contributed by atoms with Crippen molar-refractivity contribution in [1.82, 2.24) is 5.32 Å². The van der Waals surface area contributed by atoms with Gasteiger partial charge in [0.15, 0.2) is 12.6 Å². The van der Waals surface area contributed by atoms with Crippen molar-refractivity contribution < 1.29 is 41.1 Å². The summed E-state index contributed by atoms with van der Waals surface area (Å²) in [6.07, 6.45) is -4.67. The maximum Gasteiger partial charge on any atom is 0.413 e. The predicted molar refractivity (Wildman–Crippen MR) is 139 cm³/mol. The van der Waals surface area contributed by atoms with Gasteiger partial charge in [-0.25, -0.2) is 4.79 Å². The van der Waals surface area contributed by atoms with E-state index >= 15 is 0 Å². The highest BCUT2D eigenvalue weighted by Crippen LogP contribution is 2.36. The van der Waals surface area contributed by atoms with Crippen molar-refractivity contribution >= 4 is 16.2 Å². The van der Waals surface area contributed by atoms with E-state index in [2.05, 4.69) is 5.32 Å². The summed E-state index contributed by atoms with van der Waals surface area (Å²) in [6, 6.07) is 25.9. The van der Waals surface area contributed by atoms with Crippen LogP contribution in [0.5, 0.6) is 5.75 Å². The molecular weight excluding hydrogens is 526 g/mol. The number of hydrogen-bond donors (Lipinski definition) is 1. The van der Waals surface area contributed by atoms with Crippen LogP contribution >= 0.6 is 0 Å². The van der Waals surface area contributed by atoms with Crippen molar-refractivity contribution in [2.45, 2.75) is 43.5 Å². The summed E-state index contributed by atoms with van der Waals surface area (Å²) in [5.74, 6) is 0.304. The Hall–Kier alpha value is -3.32. The second-order valence-corrected chi connectivity index (χ2v) is 10.8. The smallest absolute Gasteiger partial charge is 0.410 e. The van der Waals surface area contributed by atoms with Crippen LogP contribution in [0.2, 0.25) is 0 Å². The molecule has 2 saturated heterocycles. The Morgan fingerprint density at radius 1 is 0.923 bits per heavy atom. The third kappa shape index (κ3) is 7.21. The third-order valence-corrected chi connectivity index (χ3v) is 6.76. The summed E-state index contributed by atoms with van der Waals surface area (Å²) in [4.78, 5) is 12.9. The van der Waals surface area contributed by atoms with Crippen molar-refractivity contribution in [3.63, 3.8) is 0 Å². The fourth-order valence-electron chi connectivity index (χ4n) is 4.48. The predicted octanol–water partition coefficient (Wildman–Crippen LogP) is 3.54. The maximum atomic E-state index is 12.9. The molecule has 2 aliphatic heterocycles. The van der Waals surface area contributed by atoms with Gasteiger partial charge in [0.1, 0.15) is 30.1 Å². The molecule has 2 fully saturated rings. The van der Waals surface area contributed by atoms with Gasteiger partial charge in [-0.2, -0.15) is 8.42 Å². The molecule has 11 heteroatoms. The second-order valence-electron chi connectivity index (χ2n) is 9.15. The Labute approximate surface area is 226 Å². The first-order valence-electron chi connectivity index (χ1n) is 12.4. The Morgan fingerprint density at radius 3 is 2.23 bits per heavy atom. The van der Waals surface area contributed by atoms with Crippen LogP contribution < -0.4 is 10.1 Å². The van der Waals surface area contributed by atoms with E-state index in [9.17, 15) is 13.2 Å². The van der Waals surface area contributed by atoms with E-state index in [1.54, 1.807) is 30.3 Å². The van der Waals surface area contributed by atoms with Crippen molar-refractivity contribution in [3.05, 3.63) is 102 Å². The lowest BCUT2D eigenvalue weighted by Gasteiger charge is -2.48. The molecular formula is C28H29NO9S. The van der Waals surface area contributed by atoms with E-state index in [4.69, 9.17) is 27.9 Å². The lowest BCUT2D eigenvalue weighted by molar-refractivity contribution is -0.342. The summed E-state index contributed by atoms with van der Waals surface area (Å²) < 4.78 is 60.1. The standard InChI is InChI=1S/C28H29NO9S/c1-39(31,32)38-25-23(29-28(30)35-21-15-9-4-10-16-21)27(33-17-19-11-5-2-6-12-19)36-22-18-34-26(37-24(22)25)20-13-7-3-8-14-20/h2-16,22-27H,17-18H2,1H3,(H,29,30)/t22-,23+,24-,25+,26-,27+/m1/s1. The average Bonchev–Trinajstić information content (AvgIpc) is 2.94. The minimum atomic E-state index is -4.00. The highest BCUT2D eigenvalue weighted by Gasteiger charge is 2.53. The van der Waals surface area contributed by atoms with E-state index in [-0.39, 0.29) is 13.2 Å². The first kappa shape index (κ1) is 27.3. The van der Waals surface area contributed by atoms with Crippen LogP contribution in [-0.2, 0) is 39.9 Å². The number of ether oxygens (including phenoxy) is 5. The molecule has 3 aromatic rings. The highest BCUT2D eigenvalue weighted by molar-refractivity contribution is 7.86. The van der Waals surface area contributed by atoms with Crippen LogP contribution in [0.3, 0.4) is 0 Å². The molecule has 0 aromatic heterocycles. The molecule has 0 aliphatic carbocycles. The van der Waals surface area contributed by atoms with Gasteiger partial charge in [-0.3, -0.25) is 4.18 Å². The molecule has 39 heavy (non-hydrogen) atoms. The highest BCUT2D eigenvalue weighted by atomic mass is 32.2. The molecule has 2 aliphatic rings. The first-order chi connectivity index (χ1) is 18.9. The van der Waals surface area contributed by atoms with Gasteiger partial charge < -0.3 is 29.0 Å². The number of rotatable bonds is 8. The minimum Gasteiger partial charge on any atom is -0.410 e. The number of carbonyl (C=O) groups is 1. The molecule has 10 nitrogen and oxygen atoms in total. The molecule has 6 atom stereocenters. The molecule has 1 N–H and O–H groups in total. The van der Waals surface area contributed by atoms with Gasteiger partial charge in [-0.1, -0.05) is 78.9 Å². The summed E-state index contributed by atoms with van der Waals surface area (Å²) in [6.45, 7) is 0.217. The topological polar surface area (TPSA) is 119 Å². The van der Waals surface area contributed by atoms with Crippen molar-refractivity contribution in [1.29, 1.82) is 0 Å². The molecule has 206 valence electrons. The number of carbonyl (C=O) groups excluding carboxylic acids is 1. The van der Waals surface area contributed by atoms with E-state index in [1.807, 2.05) is 60.7 Å². The molecule has 0 unspecified atom stereocenters. The van der Waals surface area contributed by atoms with Crippen LogP contribution in [0.25, 0.3) is 0 Å². The summed E-state index contributed by atoms with van der Waals surface area (Å²) >= 11 is 0.